The molecule has 0 unspecified atom stereocenters. The predicted octanol–water partition coefficient (Wildman–Crippen LogP) is 4.99. The third-order valence-corrected chi connectivity index (χ3v) is 7.26. The normalized spacial score (nSPS) is 20.3. The van der Waals surface area contributed by atoms with E-state index in [1.54, 1.807) is 11.8 Å². The van der Waals surface area contributed by atoms with Crippen LogP contribution in [0.5, 0.6) is 0 Å². The Bertz CT molecular complexity index is 877. The Morgan fingerprint density at radius 3 is 2.38 bits per heavy atom. The number of hydrogen-bond donors (Lipinski definition) is 0. The number of carbonyl (C=O) groups is 2. The topological polar surface area (TPSA) is 40.6 Å². The Balaban J connectivity index is 1.46. The van der Waals surface area contributed by atoms with Gasteiger partial charge in [0.1, 0.15) is 5.37 Å². The minimum Gasteiger partial charge on any atom is -0.339 e. The third-order valence-electron chi connectivity index (χ3n) is 5.75. The van der Waals surface area contributed by atoms with Crippen molar-refractivity contribution in [3.63, 3.8) is 0 Å². The zero-order chi connectivity index (χ0) is 20.4. The van der Waals surface area contributed by atoms with Crippen molar-refractivity contribution < 1.29 is 9.59 Å². The van der Waals surface area contributed by atoms with Crippen molar-refractivity contribution in [2.45, 2.75) is 31.7 Å². The lowest BCUT2D eigenvalue weighted by Crippen LogP contribution is -2.37. The summed E-state index contributed by atoms with van der Waals surface area (Å²) >= 11 is 7.60. The van der Waals surface area contributed by atoms with Crippen molar-refractivity contribution in [3.05, 3.63) is 70.2 Å². The summed E-state index contributed by atoms with van der Waals surface area (Å²) < 4.78 is 0. The second kappa shape index (κ2) is 8.80. The number of rotatable bonds is 4. The summed E-state index contributed by atoms with van der Waals surface area (Å²) in [6.45, 7) is 4.47. The van der Waals surface area contributed by atoms with Gasteiger partial charge >= 0.3 is 0 Å². The van der Waals surface area contributed by atoms with E-state index in [4.69, 9.17) is 11.6 Å². The molecule has 0 bridgehead atoms. The molecule has 2 heterocycles. The summed E-state index contributed by atoms with van der Waals surface area (Å²) in [5.74, 6) is 1.42. The Morgan fingerprint density at radius 2 is 1.72 bits per heavy atom. The highest BCUT2D eigenvalue weighted by Crippen LogP contribution is 2.39. The van der Waals surface area contributed by atoms with Gasteiger partial charge in [-0.05, 0) is 54.2 Å². The quantitative estimate of drug-likeness (QED) is 0.689. The van der Waals surface area contributed by atoms with Gasteiger partial charge in [-0.3, -0.25) is 9.59 Å². The largest absolute Gasteiger partial charge is 0.339 e. The molecule has 4 rings (SSSR count). The monoisotopic (exact) mass is 428 g/mol. The molecule has 29 heavy (non-hydrogen) atoms. The highest BCUT2D eigenvalue weighted by atomic mass is 35.5. The van der Waals surface area contributed by atoms with Crippen molar-refractivity contribution in [2.24, 2.45) is 5.92 Å². The molecule has 0 aromatic heterocycles. The molecule has 2 aromatic carbocycles. The minimum absolute atomic E-state index is 0.0295. The lowest BCUT2D eigenvalue weighted by molar-refractivity contribution is -0.128. The molecule has 0 spiro atoms. The van der Waals surface area contributed by atoms with E-state index in [0.29, 0.717) is 23.2 Å². The van der Waals surface area contributed by atoms with Gasteiger partial charge in [-0.1, -0.05) is 42.8 Å². The third kappa shape index (κ3) is 4.62. The fraction of sp³-hybridized carbons (Fsp3) is 0.391. The van der Waals surface area contributed by atoms with E-state index >= 15 is 0 Å². The molecule has 1 atom stereocenters. The molecule has 2 aliphatic heterocycles. The van der Waals surface area contributed by atoms with Crippen LogP contribution in [0.2, 0.25) is 5.02 Å². The summed E-state index contributed by atoms with van der Waals surface area (Å²) in [7, 11) is 0. The van der Waals surface area contributed by atoms with Gasteiger partial charge in [0.25, 0.3) is 5.91 Å². The fourth-order valence-corrected chi connectivity index (χ4v) is 5.19. The number of carbonyl (C=O) groups excluding carboxylic acids is 2. The van der Waals surface area contributed by atoms with E-state index in [1.165, 1.54) is 0 Å². The van der Waals surface area contributed by atoms with Crippen LogP contribution in [0.15, 0.2) is 48.5 Å². The number of hydrogen-bond acceptors (Lipinski definition) is 3. The summed E-state index contributed by atoms with van der Waals surface area (Å²) in [6.07, 6.45) is 2.15. The van der Waals surface area contributed by atoms with Crippen LogP contribution in [0.4, 0.5) is 0 Å². The molecule has 0 saturated carbocycles. The molecule has 2 aliphatic rings. The average Bonchev–Trinajstić information content (AvgIpc) is 3.10. The van der Waals surface area contributed by atoms with E-state index in [0.717, 1.165) is 42.6 Å². The molecule has 4 nitrogen and oxygen atoms in total. The SMILES string of the molecule is CC1CCN(C(=O)c2ccc([C@@H]3SCC(=O)N3Cc3ccc(Cl)cc3)cc2)CC1. The van der Waals surface area contributed by atoms with Crippen LogP contribution < -0.4 is 0 Å². The molecule has 2 amide bonds. The summed E-state index contributed by atoms with van der Waals surface area (Å²) in [5, 5.41) is 0.661. The first kappa shape index (κ1) is 20.3. The average molecular weight is 429 g/mol. The van der Waals surface area contributed by atoms with Crippen LogP contribution >= 0.6 is 23.4 Å². The molecule has 6 heteroatoms. The summed E-state index contributed by atoms with van der Waals surface area (Å²) in [6, 6.07) is 15.4. The van der Waals surface area contributed by atoms with E-state index in [1.807, 2.05) is 58.3 Å². The number of thioether (sulfide) groups is 1. The van der Waals surface area contributed by atoms with Gasteiger partial charge in [0, 0.05) is 30.2 Å². The number of amides is 2. The van der Waals surface area contributed by atoms with Crippen LogP contribution in [-0.2, 0) is 11.3 Å². The second-order valence-electron chi connectivity index (χ2n) is 7.91. The first-order chi connectivity index (χ1) is 14.0. The van der Waals surface area contributed by atoms with Gasteiger partial charge in [-0.2, -0.15) is 0 Å². The fourth-order valence-electron chi connectivity index (χ4n) is 3.87. The lowest BCUT2D eigenvalue weighted by atomic mass is 9.98. The lowest BCUT2D eigenvalue weighted by Gasteiger charge is -2.30. The standard InChI is InChI=1S/C23H25ClN2O2S/c1-16-10-12-25(13-11-16)22(28)18-4-6-19(7-5-18)23-26(21(27)15-29-23)14-17-2-8-20(24)9-3-17/h2-9,16,23H,10-15H2,1H3/t23-/m0/s1. The first-order valence-electron chi connectivity index (χ1n) is 10.1. The van der Waals surface area contributed by atoms with Crippen LogP contribution in [0, 0.1) is 5.92 Å². The second-order valence-corrected chi connectivity index (χ2v) is 9.41. The predicted molar refractivity (Wildman–Crippen MR) is 118 cm³/mol. The number of likely N-dealkylation sites (tertiary alicyclic amines) is 1. The Labute approximate surface area is 181 Å². The summed E-state index contributed by atoms with van der Waals surface area (Å²) in [4.78, 5) is 29.1. The number of piperidine rings is 1. The number of nitrogens with zero attached hydrogens (tertiary/aromatic N) is 2. The maximum Gasteiger partial charge on any atom is 0.253 e. The first-order valence-corrected chi connectivity index (χ1v) is 11.5. The highest BCUT2D eigenvalue weighted by molar-refractivity contribution is 8.00. The Morgan fingerprint density at radius 1 is 1.07 bits per heavy atom. The Kier molecular flexibility index (Phi) is 6.16. The molecule has 0 radical (unpaired) electrons. The molecule has 152 valence electrons. The number of halogens is 1. The van der Waals surface area contributed by atoms with Gasteiger partial charge < -0.3 is 9.80 Å². The smallest absolute Gasteiger partial charge is 0.253 e. The number of benzene rings is 2. The molecule has 2 fully saturated rings. The molecule has 2 aromatic rings. The Hall–Kier alpha value is -1.98. The van der Waals surface area contributed by atoms with Crippen molar-refractivity contribution in [3.8, 4) is 0 Å². The van der Waals surface area contributed by atoms with Gasteiger partial charge in [0.2, 0.25) is 5.91 Å². The zero-order valence-electron chi connectivity index (χ0n) is 16.5. The maximum atomic E-state index is 12.8. The van der Waals surface area contributed by atoms with E-state index in [-0.39, 0.29) is 17.2 Å². The molecule has 0 aliphatic carbocycles. The van der Waals surface area contributed by atoms with Gasteiger partial charge in [0.05, 0.1) is 5.75 Å². The van der Waals surface area contributed by atoms with Gasteiger partial charge in [0.15, 0.2) is 0 Å². The van der Waals surface area contributed by atoms with Crippen LogP contribution in [0.1, 0.15) is 46.6 Å². The molecular formula is C23H25ClN2O2S. The zero-order valence-corrected chi connectivity index (χ0v) is 18.1. The summed E-state index contributed by atoms with van der Waals surface area (Å²) in [5.41, 5.74) is 2.84. The molecule has 0 N–H and O–H groups in total. The van der Waals surface area contributed by atoms with Crippen molar-refractivity contribution in [2.75, 3.05) is 18.8 Å². The van der Waals surface area contributed by atoms with Crippen molar-refractivity contribution >= 4 is 35.2 Å². The van der Waals surface area contributed by atoms with Crippen LogP contribution in [0.3, 0.4) is 0 Å². The van der Waals surface area contributed by atoms with Crippen molar-refractivity contribution in [1.29, 1.82) is 0 Å². The maximum absolute atomic E-state index is 12.8. The van der Waals surface area contributed by atoms with Crippen molar-refractivity contribution in [1.82, 2.24) is 9.80 Å². The van der Waals surface area contributed by atoms with Crippen LogP contribution in [-0.4, -0.2) is 40.5 Å². The van der Waals surface area contributed by atoms with E-state index in [9.17, 15) is 9.59 Å². The highest BCUT2D eigenvalue weighted by Gasteiger charge is 2.33. The minimum atomic E-state index is -0.0295. The molecular weight excluding hydrogens is 404 g/mol. The van der Waals surface area contributed by atoms with Crippen LogP contribution in [0.25, 0.3) is 0 Å². The van der Waals surface area contributed by atoms with Gasteiger partial charge in [-0.15, -0.1) is 11.8 Å². The van der Waals surface area contributed by atoms with E-state index < -0.39 is 0 Å². The van der Waals surface area contributed by atoms with E-state index in [2.05, 4.69) is 6.92 Å². The molecule has 2 saturated heterocycles. The van der Waals surface area contributed by atoms with Gasteiger partial charge in [-0.25, -0.2) is 0 Å².